The van der Waals surface area contributed by atoms with E-state index >= 15 is 0 Å². The van der Waals surface area contributed by atoms with Gasteiger partial charge in [0.15, 0.2) is 0 Å². The van der Waals surface area contributed by atoms with Crippen molar-refractivity contribution in [1.29, 1.82) is 0 Å². The Labute approximate surface area is 119 Å². The number of nitrogens with one attached hydrogen (secondary N) is 1. The summed E-state index contributed by atoms with van der Waals surface area (Å²) < 4.78 is 6.07. The summed E-state index contributed by atoms with van der Waals surface area (Å²) in [6.45, 7) is 8.65. The summed E-state index contributed by atoms with van der Waals surface area (Å²) in [5, 5.41) is 3.05. The standard InChI is InChI=1S/C16H22N2O2/c1-8-5-10-9(2)12(7-17)20-14(10)11-6-16(3,4)15(19)18-13(8)11/h5,9,12H,6-7,17H2,1-4H3,(H,18,19)/t9-,12-/m0/s1. The number of aryl methyl sites for hydroxylation is 1. The number of benzene rings is 1. The first-order chi connectivity index (χ1) is 9.35. The van der Waals surface area contributed by atoms with Crippen LogP contribution in [-0.4, -0.2) is 18.6 Å². The van der Waals surface area contributed by atoms with Crippen molar-refractivity contribution in [1.82, 2.24) is 0 Å². The van der Waals surface area contributed by atoms with Gasteiger partial charge in [-0.15, -0.1) is 0 Å². The second kappa shape index (κ2) is 4.22. The molecule has 0 unspecified atom stereocenters. The number of carbonyl (C=O) groups excluding carboxylic acids is 1. The average Bonchev–Trinajstić information content (AvgIpc) is 2.69. The largest absolute Gasteiger partial charge is 0.488 e. The first kappa shape index (κ1) is 13.4. The average molecular weight is 274 g/mol. The van der Waals surface area contributed by atoms with Gasteiger partial charge in [0.05, 0.1) is 5.69 Å². The predicted octanol–water partition coefficient (Wildman–Crippen LogP) is 2.34. The molecule has 0 fully saturated rings. The van der Waals surface area contributed by atoms with Gasteiger partial charge in [0.1, 0.15) is 11.9 Å². The van der Waals surface area contributed by atoms with E-state index in [0.29, 0.717) is 18.9 Å². The van der Waals surface area contributed by atoms with Crippen molar-refractivity contribution in [2.24, 2.45) is 11.1 Å². The molecule has 2 aliphatic rings. The van der Waals surface area contributed by atoms with Crippen molar-refractivity contribution in [3.63, 3.8) is 0 Å². The quantitative estimate of drug-likeness (QED) is 0.826. The first-order valence-corrected chi connectivity index (χ1v) is 7.19. The smallest absolute Gasteiger partial charge is 0.230 e. The fourth-order valence-corrected chi connectivity index (χ4v) is 3.23. The molecular formula is C16H22N2O2. The van der Waals surface area contributed by atoms with E-state index < -0.39 is 5.41 Å². The summed E-state index contributed by atoms with van der Waals surface area (Å²) in [6, 6.07) is 2.13. The minimum absolute atomic E-state index is 0.0386. The maximum absolute atomic E-state index is 12.1. The van der Waals surface area contributed by atoms with Crippen LogP contribution in [0.4, 0.5) is 5.69 Å². The molecule has 1 amide bonds. The lowest BCUT2D eigenvalue weighted by Gasteiger charge is -2.32. The lowest BCUT2D eigenvalue weighted by atomic mass is 9.79. The Kier molecular flexibility index (Phi) is 2.83. The van der Waals surface area contributed by atoms with Crippen molar-refractivity contribution < 1.29 is 9.53 Å². The van der Waals surface area contributed by atoms with Crippen molar-refractivity contribution in [2.45, 2.75) is 46.1 Å². The van der Waals surface area contributed by atoms with Crippen LogP contribution >= 0.6 is 0 Å². The van der Waals surface area contributed by atoms with Gasteiger partial charge in [-0.05, 0) is 25.0 Å². The highest BCUT2D eigenvalue weighted by molar-refractivity contribution is 5.99. The summed E-state index contributed by atoms with van der Waals surface area (Å²) in [7, 11) is 0. The Morgan fingerprint density at radius 1 is 1.50 bits per heavy atom. The van der Waals surface area contributed by atoms with Crippen molar-refractivity contribution in [3.05, 3.63) is 22.8 Å². The number of hydrogen-bond donors (Lipinski definition) is 2. The molecule has 4 nitrogen and oxygen atoms in total. The van der Waals surface area contributed by atoms with Gasteiger partial charge in [-0.2, -0.15) is 0 Å². The van der Waals surface area contributed by atoms with Gasteiger partial charge >= 0.3 is 0 Å². The normalized spacial score (nSPS) is 26.6. The summed E-state index contributed by atoms with van der Waals surface area (Å²) in [5.74, 6) is 1.33. The Morgan fingerprint density at radius 3 is 2.85 bits per heavy atom. The third-order valence-electron chi connectivity index (χ3n) is 4.63. The molecule has 0 radical (unpaired) electrons. The van der Waals surface area contributed by atoms with Crippen LogP contribution in [0.2, 0.25) is 0 Å². The van der Waals surface area contributed by atoms with Gasteiger partial charge in [0.2, 0.25) is 5.91 Å². The molecule has 0 spiro atoms. The Morgan fingerprint density at radius 2 is 2.20 bits per heavy atom. The number of fused-ring (bicyclic) bond motifs is 3. The van der Waals surface area contributed by atoms with Crippen molar-refractivity contribution in [3.8, 4) is 5.75 Å². The number of amides is 1. The molecule has 2 aliphatic heterocycles. The number of ether oxygens (including phenoxy) is 1. The van der Waals surface area contributed by atoms with E-state index in [0.717, 1.165) is 22.6 Å². The lowest BCUT2D eigenvalue weighted by molar-refractivity contribution is -0.124. The second-order valence-corrected chi connectivity index (χ2v) is 6.66. The van der Waals surface area contributed by atoms with Crippen LogP contribution < -0.4 is 15.8 Å². The number of carbonyl (C=O) groups is 1. The zero-order chi connectivity index (χ0) is 14.7. The van der Waals surface area contributed by atoms with Crippen LogP contribution in [0.15, 0.2) is 6.07 Å². The summed E-state index contributed by atoms with van der Waals surface area (Å²) >= 11 is 0. The van der Waals surface area contributed by atoms with Crippen LogP contribution in [-0.2, 0) is 11.2 Å². The fraction of sp³-hybridized carbons (Fsp3) is 0.562. The van der Waals surface area contributed by atoms with E-state index in [1.165, 1.54) is 5.56 Å². The van der Waals surface area contributed by atoms with Gasteiger partial charge in [0, 0.05) is 29.0 Å². The topological polar surface area (TPSA) is 64.3 Å². The van der Waals surface area contributed by atoms with Crippen LogP contribution in [0.1, 0.15) is 43.4 Å². The van der Waals surface area contributed by atoms with E-state index in [1.807, 2.05) is 20.8 Å². The van der Waals surface area contributed by atoms with Crippen LogP contribution in [0.5, 0.6) is 5.75 Å². The Bertz CT molecular complexity index is 593. The molecule has 0 bridgehead atoms. The highest BCUT2D eigenvalue weighted by Crippen LogP contribution is 2.48. The van der Waals surface area contributed by atoms with Gasteiger partial charge < -0.3 is 15.8 Å². The minimum Gasteiger partial charge on any atom is -0.488 e. The molecule has 20 heavy (non-hydrogen) atoms. The zero-order valence-corrected chi connectivity index (χ0v) is 12.5. The molecule has 2 atom stereocenters. The molecular weight excluding hydrogens is 252 g/mol. The third-order valence-corrected chi connectivity index (χ3v) is 4.63. The summed E-state index contributed by atoms with van der Waals surface area (Å²) in [6.07, 6.45) is 0.749. The summed E-state index contributed by atoms with van der Waals surface area (Å²) in [5.41, 5.74) is 9.79. The van der Waals surface area contributed by atoms with E-state index in [9.17, 15) is 4.79 Å². The molecule has 0 saturated carbocycles. The maximum Gasteiger partial charge on any atom is 0.230 e. The van der Waals surface area contributed by atoms with Crippen molar-refractivity contribution in [2.75, 3.05) is 11.9 Å². The Hall–Kier alpha value is -1.55. The number of anilines is 1. The molecule has 0 saturated heterocycles. The molecule has 4 heteroatoms. The molecule has 0 aliphatic carbocycles. The lowest BCUT2D eigenvalue weighted by Crippen LogP contribution is -2.37. The van der Waals surface area contributed by atoms with Gasteiger partial charge in [-0.1, -0.05) is 20.8 Å². The summed E-state index contributed by atoms with van der Waals surface area (Å²) in [4.78, 5) is 12.1. The highest BCUT2D eigenvalue weighted by atomic mass is 16.5. The number of nitrogens with two attached hydrogens (primary N) is 1. The van der Waals surface area contributed by atoms with Crippen molar-refractivity contribution >= 4 is 11.6 Å². The SMILES string of the molecule is Cc1cc2c(c3c1NC(=O)C(C)(C)C3)O[C@@H](CN)[C@H]2C. The zero-order valence-electron chi connectivity index (χ0n) is 12.5. The highest BCUT2D eigenvalue weighted by Gasteiger charge is 2.40. The van der Waals surface area contributed by atoms with E-state index in [1.54, 1.807) is 0 Å². The maximum atomic E-state index is 12.1. The van der Waals surface area contributed by atoms with E-state index in [4.69, 9.17) is 10.5 Å². The molecule has 2 heterocycles. The number of hydrogen-bond acceptors (Lipinski definition) is 3. The van der Waals surface area contributed by atoms with Crippen LogP contribution in [0.3, 0.4) is 0 Å². The van der Waals surface area contributed by atoms with Crippen LogP contribution in [0.25, 0.3) is 0 Å². The monoisotopic (exact) mass is 274 g/mol. The molecule has 1 aromatic rings. The fourth-order valence-electron chi connectivity index (χ4n) is 3.23. The first-order valence-electron chi connectivity index (χ1n) is 7.19. The van der Waals surface area contributed by atoms with Gasteiger partial charge in [-0.3, -0.25) is 4.79 Å². The predicted molar refractivity (Wildman–Crippen MR) is 79.2 cm³/mol. The molecule has 0 aromatic heterocycles. The van der Waals surface area contributed by atoms with E-state index in [-0.39, 0.29) is 12.0 Å². The van der Waals surface area contributed by atoms with Gasteiger partial charge in [0.25, 0.3) is 0 Å². The van der Waals surface area contributed by atoms with Crippen LogP contribution in [0, 0.1) is 12.3 Å². The molecule has 1 aromatic carbocycles. The Balaban J connectivity index is 2.16. The molecule has 108 valence electrons. The third kappa shape index (κ3) is 1.74. The second-order valence-electron chi connectivity index (χ2n) is 6.66. The number of rotatable bonds is 1. The molecule has 3 rings (SSSR count). The minimum atomic E-state index is -0.401. The van der Waals surface area contributed by atoms with E-state index in [2.05, 4.69) is 18.3 Å². The molecule has 3 N–H and O–H groups in total. The van der Waals surface area contributed by atoms with Gasteiger partial charge in [-0.25, -0.2) is 0 Å².